The first-order chi connectivity index (χ1) is 7.35. The zero-order valence-electron chi connectivity index (χ0n) is 10.2. The van der Waals surface area contributed by atoms with Gasteiger partial charge in [0.2, 0.25) is 0 Å². The van der Waals surface area contributed by atoms with Gasteiger partial charge in [0.15, 0.2) is 5.78 Å². The number of nitrogens with zero attached hydrogens (tertiary/aromatic N) is 1. The highest BCUT2D eigenvalue weighted by Crippen LogP contribution is 2.17. The molecular weight excluding hydrogens is 208 g/mol. The van der Waals surface area contributed by atoms with Gasteiger partial charge in [-0.25, -0.2) is 4.79 Å². The molecule has 1 unspecified atom stereocenters. The van der Waals surface area contributed by atoms with E-state index in [1.807, 2.05) is 0 Å². The fourth-order valence-corrected chi connectivity index (χ4v) is 1.72. The van der Waals surface area contributed by atoms with Crippen LogP contribution >= 0.6 is 0 Å². The van der Waals surface area contributed by atoms with E-state index in [-0.39, 0.29) is 12.3 Å². The highest BCUT2D eigenvalue weighted by molar-refractivity contribution is 5.88. The summed E-state index contributed by atoms with van der Waals surface area (Å²) in [6.45, 7) is 6.11. The Morgan fingerprint density at radius 3 is 2.69 bits per heavy atom. The molecule has 16 heavy (non-hydrogen) atoms. The van der Waals surface area contributed by atoms with E-state index in [0.717, 1.165) is 0 Å². The molecule has 1 heterocycles. The lowest BCUT2D eigenvalue weighted by molar-refractivity contribution is -0.126. The van der Waals surface area contributed by atoms with Gasteiger partial charge in [0.25, 0.3) is 0 Å². The van der Waals surface area contributed by atoms with Crippen LogP contribution in [0.25, 0.3) is 0 Å². The Kier molecular flexibility index (Phi) is 3.91. The Morgan fingerprint density at radius 2 is 2.19 bits per heavy atom. The summed E-state index contributed by atoms with van der Waals surface area (Å²) in [7, 11) is 0. The Bertz CT molecular complexity index is 283. The second-order valence-electron chi connectivity index (χ2n) is 5.00. The maximum absolute atomic E-state index is 11.8. The SMILES string of the molecule is CC(C)(C)OC(=O)N1CCCC(=O)C1CN. The maximum Gasteiger partial charge on any atom is 0.410 e. The van der Waals surface area contributed by atoms with Gasteiger partial charge < -0.3 is 10.5 Å². The predicted octanol–water partition coefficient (Wildman–Crippen LogP) is 0.914. The molecule has 0 bridgehead atoms. The van der Waals surface area contributed by atoms with E-state index >= 15 is 0 Å². The summed E-state index contributed by atoms with van der Waals surface area (Å²) in [4.78, 5) is 24.8. The molecule has 1 aliphatic rings. The highest BCUT2D eigenvalue weighted by atomic mass is 16.6. The molecule has 0 aromatic heterocycles. The van der Waals surface area contributed by atoms with Crippen LogP contribution in [0.15, 0.2) is 0 Å². The lowest BCUT2D eigenvalue weighted by Gasteiger charge is -2.35. The van der Waals surface area contributed by atoms with Gasteiger partial charge in [-0.3, -0.25) is 9.69 Å². The zero-order valence-corrected chi connectivity index (χ0v) is 10.2. The number of carbonyl (C=O) groups is 2. The molecule has 0 aliphatic carbocycles. The van der Waals surface area contributed by atoms with Crippen LogP contribution < -0.4 is 5.73 Å². The minimum atomic E-state index is -0.545. The van der Waals surface area contributed by atoms with Crippen LogP contribution in [-0.2, 0) is 9.53 Å². The van der Waals surface area contributed by atoms with Crippen LogP contribution in [-0.4, -0.2) is 41.5 Å². The van der Waals surface area contributed by atoms with Crippen LogP contribution in [0.5, 0.6) is 0 Å². The number of carbonyl (C=O) groups excluding carboxylic acids is 2. The molecule has 0 aromatic rings. The summed E-state index contributed by atoms with van der Waals surface area (Å²) in [5, 5.41) is 0. The van der Waals surface area contributed by atoms with Crippen LogP contribution in [0.2, 0.25) is 0 Å². The van der Waals surface area contributed by atoms with Crippen molar-refractivity contribution in [2.24, 2.45) is 5.73 Å². The Morgan fingerprint density at radius 1 is 1.56 bits per heavy atom. The monoisotopic (exact) mass is 228 g/mol. The molecule has 0 aromatic carbocycles. The third-order valence-electron chi connectivity index (χ3n) is 2.42. The van der Waals surface area contributed by atoms with Gasteiger partial charge in [0.1, 0.15) is 11.6 Å². The molecule has 1 rings (SSSR count). The first-order valence-corrected chi connectivity index (χ1v) is 5.57. The number of likely N-dealkylation sites (tertiary alicyclic amines) is 1. The van der Waals surface area contributed by atoms with Gasteiger partial charge in [0.05, 0.1) is 0 Å². The van der Waals surface area contributed by atoms with Crippen molar-refractivity contribution in [3.05, 3.63) is 0 Å². The van der Waals surface area contributed by atoms with Crippen LogP contribution in [0, 0.1) is 0 Å². The minimum absolute atomic E-state index is 0.0274. The summed E-state index contributed by atoms with van der Waals surface area (Å²) in [5.41, 5.74) is 4.97. The smallest absolute Gasteiger partial charge is 0.410 e. The Labute approximate surface area is 95.9 Å². The average molecular weight is 228 g/mol. The molecule has 0 saturated carbocycles. The second kappa shape index (κ2) is 4.82. The van der Waals surface area contributed by atoms with Gasteiger partial charge in [-0.2, -0.15) is 0 Å². The number of amides is 1. The van der Waals surface area contributed by atoms with Crippen LogP contribution in [0.1, 0.15) is 33.6 Å². The molecule has 92 valence electrons. The summed E-state index contributed by atoms with van der Waals surface area (Å²) < 4.78 is 5.24. The molecule has 5 nitrogen and oxygen atoms in total. The number of ketones is 1. The largest absolute Gasteiger partial charge is 0.444 e. The summed E-state index contributed by atoms with van der Waals surface area (Å²) in [5.74, 6) is 0.0274. The molecule has 1 aliphatic heterocycles. The van der Waals surface area contributed by atoms with Gasteiger partial charge in [-0.1, -0.05) is 0 Å². The number of Topliss-reactive ketones (excluding diaryl/α,β-unsaturated/α-hetero) is 1. The van der Waals surface area contributed by atoms with Crippen molar-refractivity contribution in [1.29, 1.82) is 0 Å². The number of nitrogens with two attached hydrogens (primary N) is 1. The Balaban J connectivity index is 2.70. The molecular formula is C11H20N2O3. The summed E-state index contributed by atoms with van der Waals surface area (Å²) in [6, 6.07) is -0.511. The lowest BCUT2D eigenvalue weighted by atomic mass is 10.0. The highest BCUT2D eigenvalue weighted by Gasteiger charge is 2.34. The van der Waals surface area contributed by atoms with Crippen molar-refractivity contribution in [3.8, 4) is 0 Å². The van der Waals surface area contributed by atoms with E-state index in [1.54, 1.807) is 20.8 Å². The lowest BCUT2D eigenvalue weighted by Crippen LogP contribution is -2.53. The average Bonchev–Trinajstić information content (AvgIpc) is 2.14. The first kappa shape index (κ1) is 13.0. The second-order valence-corrected chi connectivity index (χ2v) is 5.00. The first-order valence-electron chi connectivity index (χ1n) is 5.57. The summed E-state index contributed by atoms with van der Waals surface area (Å²) >= 11 is 0. The fourth-order valence-electron chi connectivity index (χ4n) is 1.72. The van der Waals surface area contributed by atoms with E-state index in [2.05, 4.69) is 0 Å². The van der Waals surface area contributed by atoms with Crippen molar-refractivity contribution in [3.63, 3.8) is 0 Å². The molecule has 1 fully saturated rings. The molecule has 0 radical (unpaired) electrons. The number of rotatable bonds is 1. The van der Waals surface area contributed by atoms with Gasteiger partial charge in [0, 0.05) is 19.5 Å². The van der Waals surface area contributed by atoms with Crippen LogP contribution in [0.4, 0.5) is 4.79 Å². The van der Waals surface area contributed by atoms with Gasteiger partial charge >= 0.3 is 6.09 Å². The minimum Gasteiger partial charge on any atom is -0.444 e. The quantitative estimate of drug-likeness (QED) is 0.724. The number of ether oxygens (including phenoxy) is 1. The maximum atomic E-state index is 11.8. The van der Waals surface area contributed by atoms with E-state index in [4.69, 9.17) is 10.5 Å². The van der Waals surface area contributed by atoms with E-state index in [1.165, 1.54) is 4.90 Å². The molecule has 1 atom stereocenters. The van der Waals surface area contributed by atoms with E-state index in [0.29, 0.717) is 19.4 Å². The molecule has 5 heteroatoms. The van der Waals surface area contributed by atoms with Crippen molar-refractivity contribution in [1.82, 2.24) is 4.90 Å². The predicted molar refractivity (Wildman–Crippen MR) is 60.0 cm³/mol. The molecule has 2 N–H and O–H groups in total. The standard InChI is InChI=1S/C11H20N2O3/c1-11(2,3)16-10(15)13-6-4-5-9(14)8(13)7-12/h8H,4-7,12H2,1-3H3. The van der Waals surface area contributed by atoms with Crippen molar-refractivity contribution in [2.75, 3.05) is 13.1 Å². The number of hydrogen-bond donors (Lipinski definition) is 1. The third-order valence-corrected chi connectivity index (χ3v) is 2.42. The van der Waals surface area contributed by atoms with Gasteiger partial charge in [-0.15, -0.1) is 0 Å². The van der Waals surface area contributed by atoms with Crippen molar-refractivity contribution < 1.29 is 14.3 Å². The Hall–Kier alpha value is -1.10. The topological polar surface area (TPSA) is 72.6 Å². The van der Waals surface area contributed by atoms with E-state index < -0.39 is 17.7 Å². The summed E-state index contributed by atoms with van der Waals surface area (Å²) in [6.07, 6.45) is 0.742. The van der Waals surface area contributed by atoms with Gasteiger partial charge in [-0.05, 0) is 27.2 Å². The number of piperidine rings is 1. The van der Waals surface area contributed by atoms with Crippen LogP contribution in [0.3, 0.4) is 0 Å². The fraction of sp³-hybridized carbons (Fsp3) is 0.818. The molecule has 1 amide bonds. The number of hydrogen-bond acceptors (Lipinski definition) is 4. The molecule has 0 spiro atoms. The zero-order chi connectivity index (χ0) is 12.3. The van der Waals surface area contributed by atoms with Crippen molar-refractivity contribution in [2.45, 2.75) is 45.3 Å². The third kappa shape index (κ3) is 3.20. The molecule has 1 saturated heterocycles. The van der Waals surface area contributed by atoms with E-state index in [9.17, 15) is 9.59 Å². The van der Waals surface area contributed by atoms with Crippen molar-refractivity contribution >= 4 is 11.9 Å². The normalized spacial score (nSPS) is 22.1.